The quantitative estimate of drug-likeness (QED) is 0.656. The van der Waals surface area contributed by atoms with Crippen molar-refractivity contribution in [2.45, 2.75) is 57.5 Å². The zero-order valence-electron chi connectivity index (χ0n) is 14.7. The summed E-state index contributed by atoms with van der Waals surface area (Å²) in [5, 5.41) is 17.5. The van der Waals surface area contributed by atoms with Crippen molar-refractivity contribution in [1.29, 1.82) is 0 Å². The molecule has 25 heavy (non-hydrogen) atoms. The minimum atomic E-state index is -1.44. The van der Waals surface area contributed by atoms with Crippen molar-refractivity contribution < 1.29 is 23.6 Å². The van der Waals surface area contributed by atoms with Crippen molar-refractivity contribution >= 4 is 11.8 Å². The van der Waals surface area contributed by atoms with Gasteiger partial charge in [0.2, 0.25) is 0 Å². The number of carbonyl (C=O) groups excluding carboxylic acids is 1. The average Bonchev–Trinajstić information content (AvgIpc) is 2.77. The van der Waals surface area contributed by atoms with E-state index in [0.29, 0.717) is 6.42 Å². The molecular formula is C15H23FN4O5. The van der Waals surface area contributed by atoms with E-state index in [1.807, 2.05) is 0 Å². The summed E-state index contributed by atoms with van der Waals surface area (Å²) in [5.41, 5.74) is -0.564. The molecule has 0 aromatic carbocycles. The first-order chi connectivity index (χ1) is 11.6. The average molecular weight is 358 g/mol. The van der Waals surface area contributed by atoms with E-state index in [9.17, 15) is 19.3 Å². The van der Waals surface area contributed by atoms with E-state index in [1.54, 1.807) is 27.8 Å². The summed E-state index contributed by atoms with van der Waals surface area (Å²) in [5.74, 6) is 0. The van der Waals surface area contributed by atoms with Gasteiger partial charge in [-0.25, -0.2) is 9.18 Å². The number of hydrogen-bond donors (Lipinski definition) is 1. The van der Waals surface area contributed by atoms with Gasteiger partial charge in [-0.2, -0.15) is 5.10 Å². The van der Waals surface area contributed by atoms with Crippen molar-refractivity contribution in [3.8, 4) is 0 Å². The molecular weight excluding hydrogens is 335 g/mol. The molecule has 2 unspecified atom stereocenters. The molecule has 1 aromatic heterocycles. The van der Waals surface area contributed by atoms with E-state index in [4.69, 9.17) is 9.47 Å². The first-order valence-corrected chi connectivity index (χ1v) is 8.00. The number of nitro groups is 1. The molecule has 9 nitrogen and oxygen atoms in total. The third kappa shape index (κ3) is 4.88. The molecule has 0 radical (unpaired) electrons. The Labute approximate surface area is 144 Å². The molecule has 1 aromatic rings. The van der Waals surface area contributed by atoms with Gasteiger partial charge in [-0.15, -0.1) is 0 Å². The predicted octanol–water partition coefficient (Wildman–Crippen LogP) is 2.41. The number of aryl methyl sites for hydroxylation is 1. The van der Waals surface area contributed by atoms with Gasteiger partial charge in [0.05, 0.1) is 17.6 Å². The van der Waals surface area contributed by atoms with Crippen LogP contribution in [0.3, 0.4) is 0 Å². The summed E-state index contributed by atoms with van der Waals surface area (Å²) < 4.78 is 26.3. The lowest BCUT2D eigenvalue weighted by molar-refractivity contribution is -0.386. The number of alkyl halides is 1. The van der Waals surface area contributed by atoms with Gasteiger partial charge >= 0.3 is 11.8 Å². The van der Waals surface area contributed by atoms with Crippen LogP contribution in [0.1, 0.15) is 45.4 Å². The molecule has 140 valence electrons. The Morgan fingerprint density at radius 2 is 2.20 bits per heavy atom. The summed E-state index contributed by atoms with van der Waals surface area (Å²) in [6, 6.07) is -0.785. The van der Waals surface area contributed by atoms with E-state index in [0.717, 1.165) is 6.20 Å². The molecule has 10 heteroatoms. The Balaban J connectivity index is 2.07. The number of alkyl carbamates (subject to hydrolysis) is 1. The highest BCUT2D eigenvalue weighted by molar-refractivity contribution is 5.68. The highest BCUT2D eigenvalue weighted by atomic mass is 19.1. The van der Waals surface area contributed by atoms with E-state index in [2.05, 4.69) is 10.4 Å². The molecule has 1 aliphatic rings. The maximum absolute atomic E-state index is 14.3. The van der Waals surface area contributed by atoms with Crippen LogP contribution >= 0.6 is 0 Å². The van der Waals surface area contributed by atoms with Crippen LogP contribution in [0, 0.1) is 10.1 Å². The molecule has 0 saturated carbocycles. The van der Waals surface area contributed by atoms with Gasteiger partial charge in [0.15, 0.2) is 0 Å². The molecule has 0 aliphatic carbocycles. The van der Waals surface area contributed by atoms with E-state index in [-0.39, 0.29) is 24.4 Å². The highest BCUT2D eigenvalue weighted by Gasteiger charge is 2.35. The lowest BCUT2D eigenvalue weighted by Crippen LogP contribution is -2.44. The molecule has 1 saturated heterocycles. The fourth-order valence-corrected chi connectivity index (χ4v) is 2.71. The monoisotopic (exact) mass is 358 g/mol. The molecule has 3 atom stereocenters. The number of halogens is 1. The minimum absolute atomic E-state index is 0.165. The van der Waals surface area contributed by atoms with Crippen molar-refractivity contribution in [3.05, 3.63) is 22.0 Å². The van der Waals surface area contributed by atoms with Gasteiger partial charge in [-0.05, 0) is 33.6 Å². The van der Waals surface area contributed by atoms with Crippen LogP contribution in [0.25, 0.3) is 0 Å². The van der Waals surface area contributed by atoms with E-state index < -0.39 is 34.9 Å². The third-order valence-electron chi connectivity index (χ3n) is 3.80. The zero-order valence-corrected chi connectivity index (χ0v) is 14.7. The second-order valence-electron chi connectivity index (χ2n) is 6.96. The number of rotatable bonds is 3. The van der Waals surface area contributed by atoms with Crippen LogP contribution < -0.4 is 5.32 Å². The second kappa shape index (κ2) is 7.34. The third-order valence-corrected chi connectivity index (χ3v) is 3.80. The molecule has 2 heterocycles. The van der Waals surface area contributed by atoms with Crippen LogP contribution in [0.2, 0.25) is 0 Å². The van der Waals surface area contributed by atoms with Crippen molar-refractivity contribution in [3.63, 3.8) is 0 Å². The normalized spacial score (nSPS) is 24.4. The summed E-state index contributed by atoms with van der Waals surface area (Å²) in [7, 11) is 1.57. The SMILES string of the molecule is Cn1ncc([N+](=O)[O-])c1C1CCC(NC(=O)OC(C)(C)C)[C@@H](F)CO1. The summed E-state index contributed by atoms with van der Waals surface area (Å²) in [6.45, 7) is 4.86. The molecule has 1 N–H and O–H groups in total. The van der Waals surface area contributed by atoms with E-state index >= 15 is 0 Å². The molecule has 1 aliphatic heterocycles. The van der Waals surface area contributed by atoms with Crippen molar-refractivity contribution in [1.82, 2.24) is 15.1 Å². The van der Waals surface area contributed by atoms with Crippen LogP contribution in [-0.2, 0) is 16.5 Å². The van der Waals surface area contributed by atoms with Crippen LogP contribution in [-0.4, -0.2) is 45.2 Å². The highest BCUT2D eigenvalue weighted by Crippen LogP contribution is 2.33. The number of nitrogens with one attached hydrogen (secondary N) is 1. The Bertz CT molecular complexity index is 642. The zero-order chi connectivity index (χ0) is 18.8. The molecule has 2 rings (SSSR count). The Hall–Kier alpha value is -2.23. The first-order valence-electron chi connectivity index (χ1n) is 8.00. The van der Waals surface area contributed by atoms with Gasteiger partial charge in [0.1, 0.15) is 29.8 Å². The lowest BCUT2D eigenvalue weighted by atomic mass is 10.0. The number of amides is 1. The molecule has 1 amide bonds. The minimum Gasteiger partial charge on any atom is -0.444 e. The molecule has 1 fully saturated rings. The summed E-state index contributed by atoms with van der Waals surface area (Å²) >= 11 is 0. The topological polar surface area (TPSA) is 109 Å². The Kier molecular flexibility index (Phi) is 5.61. The largest absolute Gasteiger partial charge is 0.444 e. The fraction of sp³-hybridized carbons (Fsp3) is 0.733. The fourth-order valence-electron chi connectivity index (χ4n) is 2.71. The smallest absolute Gasteiger partial charge is 0.407 e. The van der Waals surface area contributed by atoms with Gasteiger partial charge in [0.25, 0.3) is 0 Å². The van der Waals surface area contributed by atoms with Gasteiger partial charge in [-0.3, -0.25) is 14.8 Å². The first kappa shape index (κ1) is 19.1. The van der Waals surface area contributed by atoms with Crippen molar-refractivity contribution in [2.75, 3.05) is 6.61 Å². The number of carbonyl (C=O) groups is 1. The number of aromatic nitrogens is 2. The van der Waals surface area contributed by atoms with Gasteiger partial charge in [0, 0.05) is 7.05 Å². The predicted molar refractivity (Wildman–Crippen MR) is 85.8 cm³/mol. The summed E-state index contributed by atoms with van der Waals surface area (Å²) in [6.07, 6.45) is -1.10. The molecule has 0 spiro atoms. The second-order valence-corrected chi connectivity index (χ2v) is 6.96. The van der Waals surface area contributed by atoms with Gasteiger partial charge in [-0.1, -0.05) is 0 Å². The van der Waals surface area contributed by atoms with Crippen LogP contribution in [0.4, 0.5) is 14.9 Å². The summed E-state index contributed by atoms with van der Waals surface area (Å²) in [4.78, 5) is 22.4. The Morgan fingerprint density at radius 1 is 1.52 bits per heavy atom. The Morgan fingerprint density at radius 3 is 2.80 bits per heavy atom. The van der Waals surface area contributed by atoms with Gasteiger partial charge < -0.3 is 14.8 Å². The number of hydrogen-bond acceptors (Lipinski definition) is 6. The van der Waals surface area contributed by atoms with Crippen LogP contribution in [0.15, 0.2) is 6.20 Å². The molecule has 0 bridgehead atoms. The number of ether oxygens (including phenoxy) is 2. The maximum atomic E-state index is 14.3. The van der Waals surface area contributed by atoms with Crippen LogP contribution in [0.5, 0.6) is 0 Å². The van der Waals surface area contributed by atoms with Crippen molar-refractivity contribution in [2.24, 2.45) is 7.05 Å². The lowest BCUT2D eigenvalue weighted by Gasteiger charge is -2.24. The van der Waals surface area contributed by atoms with E-state index in [1.165, 1.54) is 4.68 Å². The number of nitrogens with zero attached hydrogens (tertiary/aromatic N) is 3. The standard InChI is InChI=1S/C15H23FN4O5/c1-15(2,3)25-14(21)18-10-5-6-12(24-8-9(10)16)13-11(20(22)23)7-17-19(13)4/h7,9-10,12H,5-6,8H2,1-4H3,(H,18,21)/t9-,10?,12?/m0/s1. The maximum Gasteiger partial charge on any atom is 0.407 e.